The lowest BCUT2D eigenvalue weighted by Gasteiger charge is -2.30. The standard InChI is InChI=1S/C17H26N2O/c1-19(12-11-14-5-3-2-4-6-14)17(20)16-9-7-15(13-18)8-10-16/h2-6,15-16H,7-13,18H2,1H3. The van der Waals surface area contributed by atoms with Gasteiger partial charge in [-0.25, -0.2) is 0 Å². The largest absolute Gasteiger partial charge is 0.345 e. The van der Waals surface area contributed by atoms with Gasteiger partial charge in [0.05, 0.1) is 0 Å². The molecule has 0 unspecified atom stereocenters. The van der Waals surface area contributed by atoms with Crippen LogP contribution in [0.5, 0.6) is 0 Å². The quantitative estimate of drug-likeness (QED) is 0.896. The summed E-state index contributed by atoms with van der Waals surface area (Å²) in [6, 6.07) is 10.3. The summed E-state index contributed by atoms with van der Waals surface area (Å²) in [6.45, 7) is 1.57. The predicted molar refractivity (Wildman–Crippen MR) is 82.3 cm³/mol. The minimum atomic E-state index is 0.221. The second kappa shape index (κ2) is 7.44. The molecule has 0 bridgehead atoms. The number of likely N-dealkylation sites (N-methyl/N-ethyl adjacent to an activating group) is 1. The van der Waals surface area contributed by atoms with Gasteiger partial charge in [0.25, 0.3) is 0 Å². The van der Waals surface area contributed by atoms with Crippen molar-refractivity contribution in [3.63, 3.8) is 0 Å². The number of hydrogen-bond acceptors (Lipinski definition) is 2. The number of hydrogen-bond donors (Lipinski definition) is 1. The number of carbonyl (C=O) groups excluding carboxylic acids is 1. The Morgan fingerprint density at radius 1 is 1.20 bits per heavy atom. The average molecular weight is 274 g/mol. The Bertz CT molecular complexity index is 410. The smallest absolute Gasteiger partial charge is 0.225 e. The molecule has 3 nitrogen and oxygen atoms in total. The molecule has 1 aliphatic rings. The number of amides is 1. The molecule has 20 heavy (non-hydrogen) atoms. The van der Waals surface area contributed by atoms with Gasteiger partial charge in [0.1, 0.15) is 0 Å². The first-order chi connectivity index (χ1) is 9.70. The van der Waals surface area contributed by atoms with Crippen molar-refractivity contribution in [3.05, 3.63) is 35.9 Å². The summed E-state index contributed by atoms with van der Waals surface area (Å²) in [5, 5.41) is 0. The summed E-state index contributed by atoms with van der Waals surface area (Å²) in [7, 11) is 1.93. The maximum absolute atomic E-state index is 12.4. The molecule has 0 radical (unpaired) electrons. The number of benzene rings is 1. The molecule has 2 N–H and O–H groups in total. The first kappa shape index (κ1) is 15.0. The SMILES string of the molecule is CN(CCc1ccccc1)C(=O)C1CCC(CN)CC1. The van der Waals surface area contributed by atoms with E-state index in [9.17, 15) is 4.79 Å². The van der Waals surface area contributed by atoms with Crippen LogP contribution in [0.25, 0.3) is 0 Å². The maximum Gasteiger partial charge on any atom is 0.225 e. The molecule has 0 spiro atoms. The normalized spacial score (nSPS) is 22.5. The number of carbonyl (C=O) groups is 1. The van der Waals surface area contributed by atoms with Gasteiger partial charge in [-0.2, -0.15) is 0 Å². The molecule has 3 heteroatoms. The fraction of sp³-hybridized carbons (Fsp3) is 0.588. The highest BCUT2D eigenvalue weighted by Gasteiger charge is 2.27. The van der Waals surface area contributed by atoms with E-state index in [1.165, 1.54) is 5.56 Å². The number of nitrogens with two attached hydrogens (primary N) is 1. The van der Waals surface area contributed by atoms with Gasteiger partial charge < -0.3 is 10.6 Å². The summed E-state index contributed by atoms with van der Waals surface area (Å²) in [4.78, 5) is 14.3. The van der Waals surface area contributed by atoms with Crippen molar-refractivity contribution in [2.75, 3.05) is 20.1 Å². The highest BCUT2D eigenvalue weighted by molar-refractivity contribution is 5.78. The third kappa shape index (κ3) is 4.07. The van der Waals surface area contributed by atoms with Crippen LogP contribution in [0, 0.1) is 11.8 Å². The van der Waals surface area contributed by atoms with E-state index < -0.39 is 0 Å². The third-order valence-electron chi connectivity index (χ3n) is 4.48. The van der Waals surface area contributed by atoms with Crippen molar-refractivity contribution in [1.29, 1.82) is 0 Å². The van der Waals surface area contributed by atoms with Crippen molar-refractivity contribution in [3.8, 4) is 0 Å². The minimum Gasteiger partial charge on any atom is -0.345 e. The molecule has 1 saturated carbocycles. The Labute approximate surface area is 122 Å². The van der Waals surface area contributed by atoms with E-state index in [1.807, 2.05) is 30.1 Å². The van der Waals surface area contributed by atoms with Crippen molar-refractivity contribution < 1.29 is 4.79 Å². The van der Waals surface area contributed by atoms with Crippen molar-refractivity contribution in [2.24, 2.45) is 17.6 Å². The fourth-order valence-electron chi connectivity index (χ4n) is 3.01. The van der Waals surface area contributed by atoms with E-state index in [2.05, 4.69) is 12.1 Å². The Morgan fingerprint density at radius 2 is 1.85 bits per heavy atom. The molecule has 0 aromatic heterocycles. The molecule has 2 rings (SSSR count). The lowest BCUT2D eigenvalue weighted by Crippen LogP contribution is -2.36. The minimum absolute atomic E-state index is 0.221. The van der Waals surface area contributed by atoms with Crippen molar-refractivity contribution in [1.82, 2.24) is 4.90 Å². The van der Waals surface area contributed by atoms with E-state index in [0.29, 0.717) is 11.8 Å². The van der Waals surface area contributed by atoms with Gasteiger partial charge in [0, 0.05) is 19.5 Å². The fourth-order valence-corrected chi connectivity index (χ4v) is 3.01. The van der Waals surface area contributed by atoms with Gasteiger partial charge in [-0.3, -0.25) is 4.79 Å². The summed E-state index contributed by atoms with van der Waals surface area (Å²) in [6.07, 6.45) is 5.17. The molecule has 1 aromatic rings. The van der Waals surface area contributed by atoms with E-state index in [-0.39, 0.29) is 5.92 Å². The Balaban J connectivity index is 1.77. The molecule has 0 aliphatic heterocycles. The van der Waals surface area contributed by atoms with Crippen LogP contribution in [0.4, 0.5) is 0 Å². The maximum atomic E-state index is 12.4. The van der Waals surface area contributed by atoms with Crippen LogP contribution < -0.4 is 5.73 Å². The van der Waals surface area contributed by atoms with Crippen molar-refractivity contribution in [2.45, 2.75) is 32.1 Å². The highest BCUT2D eigenvalue weighted by Crippen LogP contribution is 2.29. The molecular weight excluding hydrogens is 248 g/mol. The molecule has 1 fully saturated rings. The summed E-state index contributed by atoms with van der Waals surface area (Å²) < 4.78 is 0. The van der Waals surface area contributed by atoms with Crippen LogP contribution in [0.1, 0.15) is 31.2 Å². The van der Waals surface area contributed by atoms with Crippen LogP contribution in [0.3, 0.4) is 0 Å². The molecule has 1 aliphatic carbocycles. The van der Waals surface area contributed by atoms with Crippen molar-refractivity contribution >= 4 is 5.91 Å². The second-order valence-electron chi connectivity index (χ2n) is 5.95. The van der Waals surface area contributed by atoms with Crippen LogP contribution in [-0.4, -0.2) is 30.9 Å². The van der Waals surface area contributed by atoms with Gasteiger partial charge in [0.15, 0.2) is 0 Å². The van der Waals surface area contributed by atoms with Crippen LogP contribution >= 0.6 is 0 Å². The lowest BCUT2D eigenvalue weighted by molar-refractivity contribution is -0.135. The topological polar surface area (TPSA) is 46.3 Å². The van der Waals surface area contributed by atoms with Crippen LogP contribution in [-0.2, 0) is 11.2 Å². The molecule has 0 atom stereocenters. The summed E-state index contributed by atoms with van der Waals surface area (Å²) in [5.74, 6) is 1.17. The molecule has 1 amide bonds. The van der Waals surface area contributed by atoms with E-state index in [1.54, 1.807) is 0 Å². The summed E-state index contributed by atoms with van der Waals surface area (Å²) >= 11 is 0. The van der Waals surface area contributed by atoms with Gasteiger partial charge >= 0.3 is 0 Å². The zero-order valence-electron chi connectivity index (χ0n) is 12.4. The summed E-state index contributed by atoms with van der Waals surface area (Å²) in [5.41, 5.74) is 6.99. The van der Waals surface area contributed by atoms with Gasteiger partial charge in [-0.15, -0.1) is 0 Å². The first-order valence-electron chi connectivity index (χ1n) is 7.69. The molecule has 1 aromatic carbocycles. The monoisotopic (exact) mass is 274 g/mol. The molecule has 0 saturated heterocycles. The molecule has 110 valence electrons. The van der Waals surface area contributed by atoms with Crippen LogP contribution in [0.15, 0.2) is 30.3 Å². The Kier molecular flexibility index (Phi) is 5.60. The number of nitrogens with zero attached hydrogens (tertiary/aromatic N) is 1. The molecule has 0 heterocycles. The van der Waals surface area contributed by atoms with Gasteiger partial charge in [0.2, 0.25) is 5.91 Å². The van der Waals surface area contributed by atoms with Crippen LogP contribution in [0.2, 0.25) is 0 Å². The highest BCUT2D eigenvalue weighted by atomic mass is 16.2. The lowest BCUT2D eigenvalue weighted by atomic mass is 9.81. The second-order valence-corrected chi connectivity index (χ2v) is 5.95. The third-order valence-corrected chi connectivity index (χ3v) is 4.48. The molecular formula is C17H26N2O. The van der Waals surface area contributed by atoms with Gasteiger partial charge in [-0.1, -0.05) is 30.3 Å². The van der Waals surface area contributed by atoms with Gasteiger partial charge in [-0.05, 0) is 50.1 Å². The van der Waals surface area contributed by atoms with E-state index >= 15 is 0 Å². The Morgan fingerprint density at radius 3 is 2.45 bits per heavy atom. The Hall–Kier alpha value is -1.35. The van der Waals surface area contributed by atoms with E-state index in [0.717, 1.165) is 45.2 Å². The zero-order valence-corrected chi connectivity index (χ0v) is 12.4. The zero-order chi connectivity index (χ0) is 14.4. The van der Waals surface area contributed by atoms with E-state index in [4.69, 9.17) is 5.73 Å². The first-order valence-corrected chi connectivity index (χ1v) is 7.69. The predicted octanol–water partition coefficient (Wildman–Crippen LogP) is 2.45. The average Bonchev–Trinajstić information content (AvgIpc) is 2.53. The number of rotatable bonds is 5.